The molecule has 0 aliphatic heterocycles. The van der Waals surface area contributed by atoms with Gasteiger partial charge in [0.05, 0.1) is 18.2 Å². The second kappa shape index (κ2) is 7.31. The first kappa shape index (κ1) is 17.7. The fraction of sp³-hybridized carbons (Fsp3) is 0.250. The fourth-order valence-electron chi connectivity index (χ4n) is 2.14. The number of benzene rings is 1. The van der Waals surface area contributed by atoms with E-state index in [1.807, 2.05) is 0 Å². The van der Waals surface area contributed by atoms with Crippen LogP contribution in [0, 0.1) is 0 Å². The van der Waals surface area contributed by atoms with Crippen molar-refractivity contribution < 1.29 is 23.1 Å². The molecule has 1 amide bonds. The highest BCUT2D eigenvalue weighted by Gasteiger charge is 2.31. The maximum Gasteiger partial charge on any atom is 0.417 e. The molecule has 128 valence electrons. The Labute approximate surface area is 135 Å². The zero-order valence-electron chi connectivity index (χ0n) is 12.5. The van der Waals surface area contributed by atoms with Crippen LogP contribution in [-0.4, -0.2) is 22.2 Å². The molecule has 0 radical (unpaired) electrons. The molecule has 0 fully saturated rings. The summed E-state index contributed by atoms with van der Waals surface area (Å²) in [7, 11) is 0. The van der Waals surface area contributed by atoms with Crippen molar-refractivity contribution in [3.63, 3.8) is 0 Å². The second-order valence-electron chi connectivity index (χ2n) is 5.10. The summed E-state index contributed by atoms with van der Waals surface area (Å²) in [5, 5.41) is 11.9. The minimum atomic E-state index is -4.61. The summed E-state index contributed by atoms with van der Waals surface area (Å²) in [6.07, 6.45) is -4.01. The van der Waals surface area contributed by atoms with E-state index in [2.05, 4.69) is 5.32 Å². The number of nitrogens with zero attached hydrogens (tertiary/aromatic N) is 1. The van der Waals surface area contributed by atoms with E-state index >= 15 is 0 Å². The molecule has 2 N–H and O–H groups in total. The summed E-state index contributed by atoms with van der Waals surface area (Å²) in [6, 6.07) is 9.31. The first-order valence-corrected chi connectivity index (χ1v) is 7.04. The van der Waals surface area contributed by atoms with Crippen LogP contribution in [0.25, 0.3) is 0 Å². The molecular weight excluding hydrogens is 325 g/mol. The highest BCUT2D eigenvalue weighted by molar-refractivity contribution is 5.76. The number of amides is 1. The molecule has 0 saturated carbocycles. The first-order chi connectivity index (χ1) is 11.3. The van der Waals surface area contributed by atoms with Gasteiger partial charge in [0.2, 0.25) is 5.91 Å². The molecule has 1 unspecified atom stereocenters. The largest absolute Gasteiger partial charge is 0.417 e. The highest BCUT2D eigenvalue weighted by atomic mass is 19.4. The number of aliphatic hydroxyl groups is 1. The lowest BCUT2D eigenvalue weighted by Crippen LogP contribution is -2.36. The lowest BCUT2D eigenvalue weighted by molar-refractivity contribution is -0.138. The van der Waals surface area contributed by atoms with E-state index in [0.717, 1.165) is 6.07 Å². The number of aromatic nitrogens is 1. The first-order valence-electron chi connectivity index (χ1n) is 7.04. The smallest absolute Gasteiger partial charge is 0.394 e. The lowest BCUT2D eigenvalue weighted by Gasteiger charge is -2.17. The SMILES string of the molecule is O=C(Cn1cc(C(F)(F)F)ccc1=O)NC(CO)c1ccccc1. The molecule has 2 rings (SSSR count). The van der Waals surface area contributed by atoms with Gasteiger partial charge in [-0.1, -0.05) is 30.3 Å². The molecule has 8 heteroatoms. The predicted molar refractivity (Wildman–Crippen MR) is 80.1 cm³/mol. The Morgan fingerprint density at radius 1 is 1.17 bits per heavy atom. The molecule has 5 nitrogen and oxygen atoms in total. The summed E-state index contributed by atoms with van der Waals surface area (Å²) in [5.74, 6) is -0.681. The summed E-state index contributed by atoms with van der Waals surface area (Å²) >= 11 is 0. The van der Waals surface area contributed by atoms with Crippen molar-refractivity contribution in [3.05, 3.63) is 70.1 Å². The molecule has 2 aromatic rings. The van der Waals surface area contributed by atoms with Crippen molar-refractivity contribution in [2.75, 3.05) is 6.61 Å². The molecule has 1 heterocycles. The summed E-state index contributed by atoms with van der Waals surface area (Å²) in [6.45, 7) is -0.959. The van der Waals surface area contributed by atoms with E-state index in [-0.39, 0.29) is 6.61 Å². The standard InChI is InChI=1S/C16H15F3N2O3/c17-16(18,19)12-6-7-15(24)21(8-12)9-14(23)20-13(10-22)11-4-2-1-3-5-11/h1-8,13,22H,9-10H2,(H,20,23). The third kappa shape index (κ3) is 4.45. The Bertz CT molecular complexity index is 757. The molecule has 1 aromatic carbocycles. The molecule has 0 saturated heterocycles. The number of aliphatic hydroxyl groups excluding tert-OH is 1. The maximum absolute atomic E-state index is 12.7. The third-order valence-corrected chi connectivity index (χ3v) is 3.34. The van der Waals surface area contributed by atoms with Crippen LogP contribution < -0.4 is 10.9 Å². The van der Waals surface area contributed by atoms with Gasteiger partial charge in [0, 0.05) is 12.3 Å². The maximum atomic E-state index is 12.7. The van der Waals surface area contributed by atoms with E-state index < -0.39 is 35.8 Å². The summed E-state index contributed by atoms with van der Waals surface area (Å²) in [5.41, 5.74) is -1.10. The molecule has 24 heavy (non-hydrogen) atoms. The number of nitrogens with one attached hydrogen (secondary N) is 1. The van der Waals surface area contributed by atoms with Crippen molar-refractivity contribution in [1.29, 1.82) is 0 Å². The number of rotatable bonds is 5. The van der Waals surface area contributed by atoms with Gasteiger partial charge < -0.3 is 15.0 Å². The Hall–Kier alpha value is -2.61. The van der Waals surface area contributed by atoms with Crippen LogP contribution >= 0.6 is 0 Å². The Morgan fingerprint density at radius 3 is 2.42 bits per heavy atom. The highest BCUT2D eigenvalue weighted by Crippen LogP contribution is 2.27. The number of alkyl halides is 3. The van der Waals surface area contributed by atoms with E-state index in [0.29, 0.717) is 22.4 Å². The van der Waals surface area contributed by atoms with Crippen LogP contribution in [-0.2, 0) is 17.5 Å². The molecular formula is C16H15F3N2O3. The van der Waals surface area contributed by atoms with Gasteiger partial charge in [-0.2, -0.15) is 13.2 Å². The van der Waals surface area contributed by atoms with Crippen molar-refractivity contribution in [3.8, 4) is 0 Å². The quantitative estimate of drug-likeness (QED) is 0.871. The fourth-order valence-corrected chi connectivity index (χ4v) is 2.14. The van der Waals surface area contributed by atoms with E-state index in [4.69, 9.17) is 0 Å². The minimum Gasteiger partial charge on any atom is -0.394 e. The van der Waals surface area contributed by atoms with Gasteiger partial charge in [-0.15, -0.1) is 0 Å². The third-order valence-electron chi connectivity index (χ3n) is 3.34. The number of hydrogen-bond acceptors (Lipinski definition) is 3. The number of pyridine rings is 1. The second-order valence-corrected chi connectivity index (χ2v) is 5.10. The van der Waals surface area contributed by atoms with Gasteiger partial charge in [0.15, 0.2) is 0 Å². The van der Waals surface area contributed by atoms with Gasteiger partial charge in [-0.3, -0.25) is 9.59 Å². The zero-order valence-corrected chi connectivity index (χ0v) is 12.5. The Kier molecular flexibility index (Phi) is 5.40. The van der Waals surface area contributed by atoms with Crippen LogP contribution in [0.2, 0.25) is 0 Å². The average molecular weight is 340 g/mol. The molecule has 0 bridgehead atoms. The summed E-state index contributed by atoms with van der Waals surface area (Å²) < 4.78 is 38.7. The zero-order chi connectivity index (χ0) is 17.7. The number of carbonyl (C=O) groups is 1. The Morgan fingerprint density at radius 2 is 1.83 bits per heavy atom. The number of carbonyl (C=O) groups excluding carboxylic acids is 1. The van der Waals surface area contributed by atoms with Crippen molar-refractivity contribution in [2.45, 2.75) is 18.8 Å². The van der Waals surface area contributed by atoms with Crippen molar-refractivity contribution in [2.24, 2.45) is 0 Å². The van der Waals surface area contributed by atoms with E-state index in [9.17, 15) is 27.9 Å². The van der Waals surface area contributed by atoms with Crippen molar-refractivity contribution >= 4 is 5.91 Å². The van der Waals surface area contributed by atoms with Crippen LogP contribution in [0.1, 0.15) is 17.2 Å². The topological polar surface area (TPSA) is 71.3 Å². The molecule has 1 atom stereocenters. The van der Waals surface area contributed by atoms with E-state index in [1.165, 1.54) is 0 Å². The van der Waals surface area contributed by atoms with Crippen molar-refractivity contribution in [1.82, 2.24) is 9.88 Å². The minimum absolute atomic E-state index is 0.382. The predicted octanol–water partition coefficient (Wildman–Crippen LogP) is 1.72. The normalized spacial score (nSPS) is 12.7. The van der Waals surface area contributed by atoms with Crippen LogP contribution in [0.3, 0.4) is 0 Å². The monoisotopic (exact) mass is 340 g/mol. The average Bonchev–Trinajstić information content (AvgIpc) is 2.54. The molecule has 0 aliphatic carbocycles. The van der Waals surface area contributed by atoms with Gasteiger partial charge >= 0.3 is 6.18 Å². The molecule has 1 aromatic heterocycles. The van der Waals surface area contributed by atoms with Crippen LogP contribution in [0.15, 0.2) is 53.5 Å². The molecule has 0 aliphatic rings. The van der Waals surface area contributed by atoms with E-state index in [1.54, 1.807) is 30.3 Å². The lowest BCUT2D eigenvalue weighted by atomic mass is 10.1. The van der Waals surface area contributed by atoms with Crippen LogP contribution in [0.5, 0.6) is 0 Å². The van der Waals surface area contributed by atoms with Gasteiger partial charge in [0.1, 0.15) is 6.54 Å². The van der Waals surface area contributed by atoms with Gasteiger partial charge in [-0.25, -0.2) is 0 Å². The van der Waals surface area contributed by atoms with Gasteiger partial charge in [0.25, 0.3) is 5.56 Å². The van der Waals surface area contributed by atoms with Crippen LogP contribution in [0.4, 0.5) is 13.2 Å². The summed E-state index contributed by atoms with van der Waals surface area (Å²) in [4.78, 5) is 23.6. The Balaban J connectivity index is 2.13. The number of halogens is 3. The number of hydrogen-bond donors (Lipinski definition) is 2. The van der Waals surface area contributed by atoms with Gasteiger partial charge in [-0.05, 0) is 11.6 Å². The molecule has 0 spiro atoms.